The van der Waals surface area contributed by atoms with E-state index in [1.54, 1.807) is 0 Å². The zero-order valence-electron chi connectivity index (χ0n) is 10.2. The summed E-state index contributed by atoms with van der Waals surface area (Å²) in [4.78, 5) is 14.4. The van der Waals surface area contributed by atoms with Crippen molar-refractivity contribution in [1.82, 2.24) is 4.90 Å². The first-order valence-electron chi connectivity index (χ1n) is 5.95. The van der Waals surface area contributed by atoms with E-state index in [1.165, 1.54) is 0 Å². The fourth-order valence-corrected chi connectivity index (χ4v) is 3.20. The van der Waals surface area contributed by atoms with Crippen molar-refractivity contribution in [2.45, 2.75) is 38.9 Å². The molecule has 0 unspecified atom stereocenters. The summed E-state index contributed by atoms with van der Waals surface area (Å²) in [6.07, 6.45) is 1.16. The van der Waals surface area contributed by atoms with Gasteiger partial charge in [0.1, 0.15) is 0 Å². The second-order valence-corrected chi connectivity index (χ2v) is 5.83. The lowest BCUT2D eigenvalue weighted by Crippen LogP contribution is -2.32. The number of amides is 1. The van der Waals surface area contributed by atoms with Crippen molar-refractivity contribution in [1.29, 1.82) is 0 Å². The third-order valence-electron chi connectivity index (χ3n) is 3.18. The van der Waals surface area contributed by atoms with E-state index >= 15 is 0 Å². The smallest absolute Gasteiger partial charge is 0.227 e. The van der Waals surface area contributed by atoms with Crippen LogP contribution in [0, 0.1) is 17.8 Å². The molecule has 0 radical (unpaired) electrons. The molecule has 0 aromatic carbocycles. The third-order valence-corrected chi connectivity index (χ3v) is 4.42. The van der Waals surface area contributed by atoms with E-state index < -0.39 is 0 Å². The Labute approximate surface area is 102 Å². The summed E-state index contributed by atoms with van der Waals surface area (Å²) in [7, 11) is 0. The molecular formula is C12H22BrNO. The molecule has 1 rings (SSSR count). The van der Waals surface area contributed by atoms with Gasteiger partial charge in [-0.15, -0.1) is 0 Å². The van der Waals surface area contributed by atoms with Crippen LogP contribution in [0.4, 0.5) is 0 Å². The summed E-state index contributed by atoms with van der Waals surface area (Å²) in [5.74, 6) is 1.84. The van der Waals surface area contributed by atoms with Crippen LogP contribution in [0.5, 0.6) is 0 Å². The van der Waals surface area contributed by atoms with E-state index in [2.05, 4.69) is 29.8 Å². The Kier molecular flexibility index (Phi) is 4.63. The summed E-state index contributed by atoms with van der Waals surface area (Å²) >= 11 is 3.62. The lowest BCUT2D eigenvalue weighted by Gasteiger charge is -2.18. The monoisotopic (exact) mass is 275 g/mol. The minimum Gasteiger partial charge on any atom is -0.343 e. The molecule has 88 valence electrons. The molecule has 0 aromatic heterocycles. The third kappa shape index (κ3) is 2.96. The summed E-state index contributed by atoms with van der Waals surface area (Å²) in [6.45, 7) is 10.2. The maximum absolute atomic E-state index is 12.1. The molecule has 3 heteroatoms. The van der Waals surface area contributed by atoms with Gasteiger partial charge in [-0.25, -0.2) is 0 Å². The second-order valence-electron chi connectivity index (χ2n) is 4.77. The van der Waals surface area contributed by atoms with Gasteiger partial charge in [-0.05, 0) is 32.1 Å². The normalized spacial score (nSPS) is 29.3. The van der Waals surface area contributed by atoms with Crippen molar-refractivity contribution in [2.24, 2.45) is 17.8 Å². The predicted molar refractivity (Wildman–Crippen MR) is 67.1 cm³/mol. The Bertz CT molecular complexity index is 226. The number of rotatable bonds is 5. The van der Waals surface area contributed by atoms with E-state index in [0.29, 0.717) is 22.6 Å². The van der Waals surface area contributed by atoms with Crippen molar-refractivity contribution < 1.29 is 4.79 Å². The van der Waals surface area contributed by atoms with Crippen molar-refractivity contribution >= 4 is 21.8 Å². The number of nitrogens with zero attached hydrogens (tertiary/aromatic N) is 1. The molecule has 2 nitrogen and oxygen atoms in total. The lowest BCUT2D eigenvalue weighted by atomic mass is 10.1. The van der Waals surface area contributed by atoms with E-state index in [1.807, 2.05) is 18.7 Å². The first-order chi connectivity index (χ1) is 7.02. The van der Waals surface area contributed by atoms with Gasteiger partial charge in [0.05, 0.1) is 5.92 Å². The van der Waals surface area contributed by atoms with Crippen LogP contribution in [-0.2, 0) is 4.79 Å². The van der Waals surface area contributed by atoms with Gasteiger partial charge < -0.3 is 4.90 Å². The summed E-state index contributed by atoms with van der Waals surface area (Å²) in [5, 5.41) is 0. The van der Waals surface area contributed by atoms with Crippen LogP contribution in [-0.4, -0.2) is 28.7 Å². The van der Waals surface area contributed by atoms with Gasteiger partial charge in [-0.2, -0.15) is 0 Å². The first kappa shape index (κ1) is 13.0. The molecule has 0 N–H and O–H groups in total. The van der Waals surface area contributed by atoms with Crippen molar-refractivity contribution in [3.05, 3.63) is 0 Å². The van der Waals surface area contributed by atoms with Crippen LogP contribution in [0.25, 0.3) is 0 Å². The number of hydrogen-bond donors (Lipinski definition) is 0. The highest BCUT2D eigenvalue weighted by molar-refractivity contribution is 9.09. The molecule has 0 aromatic rings. The SMILES string of the molecule is CCN(CC)C(=O)[C@H]1[C@@H](Br)[C@@H]1CC(C)C. The predicted octanol–water partition coefficient (Wildman–Crippen LogP) is 2.91. The van der Waals surface area contributed by atoms with Crippen LogP contribution < -0.4 is 0 Å². The van der Waals surface area contributed by atoms with Crippen LogP contribution in [0.15, 0.2) is 0 Å². The molecule has 1 fully saturated rings. The van der Waals surface area contributed by atoms with Gasteiger partial charge in [0, 0.05) is 17.9 Å². The molecule has 0 heterocycles. The average molecular weight is 276 g/mol. The average Bonchev–Trinajstić information content (AvgIpc) is 2.77. The molecule has 0 spiro atoms. The van der Waals surface area contributed by atoms with E-state index in [4.69, 9.17) is 0 Å². The highest BCUT2D eigenvalue weighted by Gasteiger charge is 2.53. The Balaban J connectivity index is 2.49. The standard InChI is InChI=1S/C12H22BrNO/c1-5-14(6-2)12(15)10-9(11(10)13)7-8(3)4/h8-11H,5-7H2,1-4H3/t9-,10-,11+/m1/s1. The Hall–Kier alpha value is -0.0500. The summed E-state index contributed by atoms with van der Waals surface area (Å²) < 4.78 is 0. The van der Waals surface area contributed by atoms with Crippen LogP contribution >= 0.6 is 15.9 Å². The minimum atomic E-state index is 0.243. The zero-order chi connectivity index (χ0) is 11.6. The number of alkyl halides is 1. The molecule has 0 aliphatic heterocycles. The van der Waals surface area contributed by atoms with Gasteiger partial charge in [-0.1, -0.05) is 29.8 Å². The molecular weight excluding hydrogens is 254 g/mol. The molecule has 0 saturated heterocycles. The number of carbonyl (C=O) groups excluding carboxylic acids is 1. The van der Waals surface area contributed by atoms with Gasteiger partial charge in [-0.3, -0.25) is 4.79 Å². The lowest BCUT2D eigenvalue weighted by molar-refractivity contribution is -0.132. The van der Waals surface area contributed by atoms with E-state index in [0.717, 1.165) is 19.5 Å². The summed E-state index contributed by atoms with van der Waals surface area (Å²) in [5.41, 5.74) is 0. The molecule has 1 aliphatic carbocycles. The molecule has 1 amide bonds. The minimum absolute atomic E-state index is 0.243. The second kappa shape index (κ2) is 5.33. The molecule has 3 atom stereocenters. The fourth-order valence-electron chi connectivity index (χ4n) is 2.22. The maximum Gasteiger partial charge on any atom is 0.227 e. The van der Waals surface area contributed by atoms with Gasteiger partial charge in [0.2, 0.25) is 5.91 Å². The van der Waals surface area contributed by atoms with Crippen LogP contribution in [0.3, 0.4) is 0 Å². The van der Waals surface area contributed by atoms with Gasteiger partial charge in [0.25, 0.3) is 0 Å². The molecule has 15 heavy (non-hydrogen) atoms. The van der Waals surface area contributed by atoms with Crippen LogP contribution in [0.1, 0.15) is 34.1 Å². The highest BCUT2D eigenvalue weighted by Crippen LogP contribution is 2.50. The maximum atomic E-state index is 12.1. The molecule has 0 bridgehead atoms. The quantitative estimate of drug-likeness (QED) is 0.707. The van der Waals surface area contributed by atoms with Gasteiger partial charge >= 0.3 is 0 Å². The Morgan fingerprint density at radius 1 is 1.33 bits per heavy atom. The van der Waals surface area contributed by atoms with Gasteiger partial charge in [0.15, 0.2) is 0 Å². The van der Waals surface area contributed by atoms with Crippen molar-refractivity contribution in [3.8, 4) is 0 Å². The van der Waals surface area contributed by atoms with E-state index in [-0.39, 0.29) is 5.92 Å². The highest BCUT2D eigenvalue weighted by atomic mass is 79.9. The number of carbonyl (C=O) groups is 1. The summed E-state index contributed by atoms with van der Waals surface area (Å²) in [6, 6.07) is 0. The fraction of sp³-hybridized carbons (Fsp3) is 0.917. The molecule has 1 saturated carbocycles. The number of halogens is 1. The van der Waals surface area contributed by atoms with Crippen LogP contribution in [0.2, 0.25) is 0 Å². The Morgan fingerprint density at radius 3 is 2.27 bits per heavy atom. The Morgan fingerprint density at radius 2 is 1.87 bits per heavy atom. The topological polar surface area (TPSA) is 20.3 Å². The zero-order valence-corrected chi connectivity index (χ0v) is 11.8. The van der Waals surface area contributed by atoms with Crippen molar-refractivity contribution in [3.63, 3.8) is 0 Å². The van der Waals surface area contributed by atoms with Crippen molar-refractivity contribution in [2.75, 3.05) is 13.1 Å². The molecule has 1 aliphatic rings. The first-order valence-corrected chi connectivity index (χ1v) is 6.87. The largest absolute Gasteiger partial charge is 0.343 e. The van der Waals surface area contributed by atoms with E-state index in [9.17, 15) is 4.79 Å². The number of hydrogen-bond acceptors (Lipinski definition) is 1.